The molecule has 0 saturated heterocycles. The fourth-order valence-electron chi connectivity index (χ4n) is 1.46. The molecule has 0 spiro atoms. The third-order valence-electron chi connectivity index (χ3n) is 2.19. The number of halogens is 2. The fourth-order valence-corrected chi connectivity index (χ4v) is 1.84. The van der Waals surface area contributed by atoms with Crippen molar-refractivity contribution in [2.45, 2.75) is 6.92 Å². The molecule has 7 heteroatoms. The average molecular weight is 274 g/mol. The highest BCUT2D eigenvalue weighted by Gasteiger charge is 2.18. The first-order valence-corrected chi connectivity index (χ1v) is 5.60. The van der Waals surface area contributed by atoms with Gasteiger partial charge in [0.1, 0.15) is 16.5 Å². The van der Waals surface area contributed by atoms with Crippen molar-refractivity contribution in [3.8, 4) is 0 Å². The number of anilines is 1. The summed E-state index contributed by atoms with van der Waals surface area (Å²) in [7, 11) is 0. The maximum atomic E-state index is 11.7. The molecule has 0 aromatic carbocycles. The van der Waals surface area contributed by atoms with Crippen LogP contribution in [0.3, 0.4) is 0 Å². The number of carbonyl (C=O) groups is 1. The highest BCUT2D eigenvalue weighted by atomic mass is 35.5. The van der Waals surface area contributed by atoms with Crippen molar-refractivity contribution in [3.63, 3.8) is 0 Å². The molecular weight excluding hydrogens is 265 g/mol. The standard InChI is InChI=1S/C10H9Cl2N3O2/c1-2-17-10(16)5-3-6(11)8(13)15-4-7(12)14-9(5)15/h3-4H,2,13H2,1H3. The van der Waals surface area contributed by atoms with Gasteiger partial charge in [-0.2, -0.15) is 0 Å². The zero-order valence-electron chi connectivity index (χ0n) is 8.91. The first-order valence-electron chi connectivity index (χ1n) is 4.84. The summed E-state index contributed by atoms with van der Waals surface area (Å²) in [5.74, 6) is -0.240. The first kappa shape index (κ1) is 12.0. The van der Waals surface area contributed by atoms with Crippen LogP contribution in [-0.4, -0.2) is 22.0 Å². The van der Waals surface area contributed by atoms with E-state index in [1.54, 1.807) is 6.92 Å². The van der Waals surface area contributed by atoms with Crippen LogP contribution in [0.1, 0.15) is 17.3 Å². The molecule has 2 aromatic rings. The van der Waals surface area contributed by atoms with Gasteiger partial charge in [0.25, 0.3) is 0 Å². The minimum absolute atomic E-state index is 0.226. The topological polar surface area (TPSA) is 69.6 Å². The number of pyridine rings is 1. The Balaban J connectivity index is 2.70. The smallest absolute Gasteiger partial charge is 0.341 e. The molecule has 0 radical (unpaired) electrons. The molecule has 2 rings (SSSR count). The van der Waals surface area contributed by atoms with Gasteiger partial charge < -0.3 is 10.5 Å². The second kappa shape index (κ2) is 4.43. The number of nitrogen functional groups attached to an aromatic ring is 1. The molecule has 0 amide bonds. The highest BCUT2D eigenvalue weighted by Crippen LogP contribution is 2.26. The van der Waals surface area contributed by atoms with E-state index in [-0.39, 0.29) is 28.2 Å². The number of nitrogens with zero attached hydrogens (tertiary/aromatic N) is 2. The van der Waals surface area contributed by atoms with Crippen LogP contribution in [0.4, 0.5) is 5.82 Å². The van der Waals surface area contributed by atoms with Crippen LogP contribution in [0.25, 0.3) is 5.65 Å². The van der Waals surface area contributed by atoms with E-state index in [4.69, 9.17) is 33.7 Å². The molecule has 17 heavy (non-hydrogen) atoms. The van der Waals surface area contributed by atoms with Crippen molar-refractivity contribution < 1.29 is 9.53 Å². The van der Waals surface area contributed by atoms with Crippen LogP contribution in [0.2, 0.25) is 10.2 Å². The molecule has 0 bridgehead atoms. The lowest BCUT2D eigenvalue weighted by Crippen LogP contribution is -2.09. The maximum Gasteiger partial charge on any atom is 0.341 e. The average Bonchev–Trinajstić information content (AvgIpc) is 2.66. The van der Waals surface area contributed by atoms with Gasteiger partial charge in [-0.05, 0) is 13.0 Å². The van der Waals surface area contributed by atoms with Gasteiger partial charge in [-0.1, -0.05) is 23.2 Å². The van der Waals surface area contributed by atoms with Gasteiger partial charge in [0.2, 0.25) is 0 Å². The molecule has 0 aliphatic carbocycles. The van der Waals surface area contributed by atoms with Crippen LogP contribution in [0.15, 0.2) is 12.3 Å². The second-order valence-corrected chi connectivity index (χ2v) is 4.06. The Kier molecular flexibility index (Phi) is 3.13. The van der Waals surface area contributed by atoms with Crippen molar-refractivity contribution in [3.05, 3.63) is 28.0 Å². The van der Waals surface area contributed by atoms with Crippen LogP contribution in [0, 0.1) is 0 Å². The van der Waals surface area contributed by atoms with Gasteiger partial charge in [-0.3, -0.25) is 4.40 Å². The number of esters is 1. The van der Waals surface area contributed by atoms with Crippen molar-refractivity contribution >= 4 is 40.6 Å². The summed E-state index contributed by atoms with van der Waals surface area (Å²) in [4.78, 5) is 15.7. The summed E-state index contributed by atoms with van der Waals surface area (Å²) in [5.41, 5.74) is 6.32. The Bertz CT molecular complexity index is 595. The van der Waals surface area contributed by atoms with Crippen LogP contribution >= 0.6 is 23.2 Å². The minimum Gasteiger partial charge on any atom is -0.462 e. The Morgan fingerprint density at radius 2 is 2.29 bits per heavy atom. The molecule has 0 atom stereocenters. The van der Waals surface area contributed by atoms with Crippen molar-refractivity contribution in [1.82, 2.24) is 9.38 Å². The van der Waals surface area contributed by atoms with E-state index in [0.717, 1.165) is 0 Å². The predicted molar refractivity (Wildman–Crippen MR) is 65.6 cm³/mol. The summed E-state index contributed by atoms with van der Waals surface area (Å²) in [6, 6.07) is 1.42. The molecule has 2 N–H and O–H groups in total. The summed E-state index contributed by atoms with van der Waals surface area (Å²) in [6.45, 7) is 1.98. The van der Waals surface area contributed by atoms with Gasteiger partial charge >= 0.3 is 5.97 Å². The van der Waals surface area contributed by atoms with Crippen molar-refractivity contribution in [2.75, 3.05) is 12.3 Å². The summed E-state index contributed by atoms with van der Waals surface area (Å²) in [6.07, 6.45) is 1.49. The van der Waals surface area contributed by atoms with Gasteiger partial charge in [-0.15, -0.1) is 0 Å². The zero-order chi connectivity index (χ0) is 12.6. The lowest BCUT2D eigenvalue weighted by atomic mass is 10.2. The number of hydrogen-bond acceptors (Lipinski definition) is 4. The minimum atomic E-state index is -0.512. The van der Waals surface area contributed by atoms with E-state index in [1.807, 2.05) is 0 Å². The predicted octanol–water partition coefficient (Wildman–Crippen LogP) is 2.40. The molecule has 90 valence electrons. The second-order valence-electron chi connectivity index (χ2n) is 3.27. The molecule has 0 fully saturated rings. The van der Waals surface area contributed by atoms with Gasteiger partial charge in [0, 0.05) is 6.20 Å². The number of ether oxygens (including phenoxy) is 1. The monoisotopic (exact) mass is 273 g/mol. The third-order valence-corrected chi connectivity index (χ3v) is 2.67. The lowest BCUT2D eigenvalue weighted by Gasteiger charge is -2.07. The zero-order valence-corrected chi connectivity index (χ0v) is 10.4. The van der Waals surface area contributed by atoms with Gasteiger partial charge in [0.15, 0.2) is 5.65 Å². The van der Waals surface area contributed by atoms with Gasteiger partial charge in [0.05, 0.1) is 11.6 Å². The quantitative estimate of drug-likeness (QED) is 0.854. The summed E-state index contributed by atoms with van der Waals surface area (Å²) in [5, 5.41) is 0.471. The molecule has 2 heterocycles. The number of hydrogen-bond donors (Lipinski definition) is 1. The number of fused-ring (bicyclic) bond motifs is 1. The largest absolute Gasteiger partial charge is 0.462 e. The molecule has 5 nitrogen and oxygen atoms in total. The van der Waals surface area contributed by atoms with Crippen molar-refractivity contribution in [1.29, 1.82) is 0 Å². The Hall–Kier alpha value is -1.46. The normalized spacial score (nSPS) is 10.8. The maximum absolute atomic E-state index is 11.7. The van der Waals surface area contributed by atoms with Crippen LogP contribution in [-0.2, 0) is 4.74 Å². The number of imidazole rings is 1. The van der Waals surface area contributed by atoms with E-state index in [1.165, 1.54) is 16.7 Å². The van der Waals surface area contributed by atoms with Crippen LogP contribution < -0.4 is 5.73 Å². The molecule has 0 aliphatic rings. The summed E-state index contributed by atoms with van der Waals surface area (Å²) < 4.78 is 6.36. The molecular formula is C10H9Cl2N3O2. The number of carbonyl (C=O) groups excluding carboxylic acids is 1. The fraction of sp³-hybridized carbons (Fsp3) is 0.200. The highest BCUT2D eigenvalue weighted by molar-refractivity contribution is 6.33. The Labute approximate surface area is 107 Å². The van der Waals surface area contributed by atoms with Gasteiger partial charge in [-0.25, -0.2) is 9.78 Å². The Morgan fingerprint density at radius 1 is 1.59 bits per heavy atom. The number of aromatic nitrogens is 2. The van der Waals surface area contributed by atoms with E-state index in [2.05, 4.69) is 4.98 Å². The van der Waals surface area contributed by atoms with E-state index in [9.17, 15) is 4.79 Å². The molecule has 0 saturated carbocycles. The molecule has 0 unspecified atom stereocenters. The van der Waals surface area contributed by atoms with Crippen molar-refractivity contribution in [2.24, 2.45) is 0 Å². The van der Waals surface area contributed by atoms with E-state index in [0.29, 0.717) is 5.65 Å². The van der Waals surface area contributed by atoms with E-state index < -0.39 is 5.97 Å². The van der Waals surface area contributed by atoms with E-state index >= 15 is 0 Å². The molecule has 0 aliphatic heterocycles. The first-order chi connectivity index (χ1) is 8.04. The third kappa shape index (κ3) is 2.03. The number of nitrogens with two attached hydrogens (primary N) is 1. The number of rotatable bonds is 2. The van der Waals surface area contributed by atoms with Crippen LogP contribution in [0.5, 0.6) is 0 Å². The lowest BCUT2D eigenvalue weighted by molar-refractivity contribution is 0.0528. The molecule has 2 aromatic heterocycles. The SMILES string of the molecule is CCOC(=O)c1cc(Cl)c(N)n2cc(Cl)nc12. The summed E-state index contributed by atoms with van der Waals surface area (Å²) >= 11 is 11.7. The Morgan fingerprint density at radius 3 is 2.94 bits per heavy atom.